The quantitative estimate of drug-likeness (QED) is 0.824. The number of rotatable bonds is 4. The van der Waals surface area contributed by atoms with Crippen LogP contribution in [-0.2, 0) is 9.53 Å². The molecule has 0 aliphatic rings. The Morgan fingerprint density at radius 3 is 2.65 bits per heavy atom. The number of nitrogens with one attached hydrogen (secondary N) is 2. The maximum atomic E-state index is 12.2. The van der Waals surface area contributed by atoms with Crippen LogP contribution in [0.1, 0.15) is 17.3 Å². The number of hydrogen-bond acceptors (Lipinski definition) is 4. The molecule has 1 atom stereocenters. The van der Waals surface area contributed by atoms with Crippen molar-refractivity contribution in [1.82, 2.24) is 15.5 Å². The van der Waals surface area contributed by atoms with Crippen molar-refractivity contribution < 1.29 is 14.3 Å². The summed E-state index contributed by atoms with van der Waals surface area (Å²) in [6, 6.07) is 8.65. The summed E-state index contributed by atoms with van der Waals surface area (Å²) in [6.45, 7) is 1.56. The third kappa shape index (κ3) is 2.85. The van der Waals surface area contributed by atoms with Gasteiger partial charge in [0, 0.05) is 5.56 Å². The lowest BCUT2D eigenvalue weighted by atomic mass is 10.1. The van der Waals surface area contributed by atoms with Crippen LogP contribution in [0.15, 0.2) is 36.5 Å². The molecular weight excluding hydrogens is 258 g/mol. The van der Waals surface area contributed by atoms with Gasteiger partial charge in [0.15, 0.2) is 0 Å². The Kier molecular flexibility index (Phi) is 4.14. The standard InChI is InChI=1S/C14H15N3O3/c1-9(14(19)20-2)16-13(18)11-8-15-17-12(11)10-6-4-3-5-7-10/h3-9H,1-2H3,(H,15,17)(H,16,18). The van der Waals surface area contributed by atoms with Crippen LogP contribution in [0.4, 0.5) is 0 Å². The number of hydrogen-bond donors (Lipinski definition) is 2. The number of methoxy groups -OCH3 is 1. The molecule has 0 spiro atoms. The Bertz CT molecular complexity index is 607. The van der Waals surface area contributed by atoms with Gasteiger partial charge in [-0.15, -0.1) is 0 Å². The second-order valence-electron chi connectivity index (χ2n) is 4.24. The summed E-state index contributed by atoms with van der Waals surface area (Å²) >= 11 is 0. The number of amides is 1. The highest BCUT2D eigenvalue weighted by molar-refractivity contribution is 6.01. The second kappa shape index (κ2) is 6.01. The van der Waals surface area contributed by atoms with Crippen LogP contribution in [0.2, 0.25) is 0 Å². The molecule has 2 N–H and O–H groups in total. The first-order valence-electron chi connectivity index (χ1n) is 6.11. The number of carbonyl (C=O) groups excluding carboxylic acids is 2. The number of esters is 1. The first kappa shape index (κ1) is 13.8. The number of aromatic amines is 1. The molecule has 20 heavy (non-hydrogen) atoms. The van der Waals surface area contributed by atoms with Gasteiger partial charge in [-0.25, -0.2) is 4.79 Å². The zero-order valence-electron chi connectivity index (χ0n) is 11.2. The van der Waals surface area contributed by atoms with Crippen molar-refractivity contribution in [2.75, 3.05) is 7.11 Å². The van der Waals surface area contributed by atoms with Crippen molar-refractivity contribution in [3.05, 3.63) is 42.1 Å². The molecule has 1 aromatic carbocycles. The summed E-state index contributed by atoms with van der Waals surface area (Å²) < 4.78 is 4.57. The number of H-pyrrole nitrogens is 1. The monoisotopic (exact) mass is 273 g/mol. The van der Waals surface area contributed by atoms with E-state index in [1.807, 2.05) is 30.3 Å². The van der Waals surface area contributed by atoms with Crippen LogP contribution >= 0.6 is 0 Å². The van der Waals surface area contributed by atoms with Crippen molar-refractivity contribution in [2.24, 2.45) is 0 Å². The topological polar surface area (TPSA) is 84.1 Å². The summed E-state index contributed by atoms with van der Waals surface area (Å²) in [6.07, 6.45) is 1.43. The number of carbonyl (C=O) groups is 2. The van der Waals surface area contributed by atoms with Crippen molar-refractivity contribution in [1.29, 1.82) is 0 Å². The summed E-state index contributed by atoms with van der Waals surface area (Å²) in [5.41, 5.74) is 1.84. The fraction of sp³-hybridized carbons (Fsp3) is 0.214. The van der Waals surface area contributed by atoms with E-state index in [0.29, 0.717) is 11.3 Å². The highest BCUT2D eigenvalue weighted by atomic mass is 16.5. The average molecular weight is 273 g/mol. The molecule has 1 aromatic heterocycles. The number of ether oxygens (including phenoxy) is 1. The van der Waals surface area contributed by atoms with Crippen molar-refractivity contribution in [3.63, 3.8) is 0 Å². The lowest BCUT2D eigenvalue weighted by Gasteiger charge is -2.11. The van der Waals surface area contributed by atoms with E-state index in [1.54, 1.807) is 6.92 Å². The molecule has 6 heteroatoms. The summed E-state index contributed by atoms with van der Waals surface area (Å²) in [5.74, 6) is -0.876. The lowest BCUT2D eigenvalue weighted by molar-refractivity contribution is -0.142. The lowest BCUT2D eigenvalue weighted by Crippen LogP contribution is -2.39. The van der Waals surface area contributed by atoms with E-state index in [0.717, 1.165) is 5.56 Å². The molecule has 0 bridgehead atoms. The normalized spacial score (nSPS) is 11.7. The van der Waals surface area contributed by atoms with Gasteiger partial charge < -0.3 is 10.1 Å². The third-order valence-corrected chi connectivity index (χ3v) is 2.85. The Morgan fingerprint density at radius 1 is 1.30 bits per heavy atom. The van der Waals surface area contributed by atoms with Gasteiger partial charge in [0.1, 0.15) is 6.04 Å². The van der Waals surface area contributed by atoms with Gasteiger partial charge >= 0.3 is 5.97 Å². The van der Waals surface area contributed by atoms with Gasteiger partial charge in [0.25, 0.3) is 5.91 Å². The third-order valence-electron chi connectivity index (χ3n) is 2.85. The van der Waals surface area contributed by atoms with Crippen molar-refractivity contribution in [3.8, 4) is 11.3 Å². The van der Waals surface area contributed by atoms with Crippen LogP contribution in [0.25, 0.3) is 11.3 Å². The smallest absolute Gasteiger partial charge is 0.328 e. The molecule has 6 nitrogen and oxygen atoms in total. The van der Waals surface area contributed by atoms with E-state index in [2.05, 4.69) is 20.3 Å². The van der Waals surface area contributed by atoms with Gasteiger partial charge in [0.2, 0.25) is 0 Å². The molecular formula is C14H15N3O3. The van der Waals surface area contributed by atoms with Crippen LogP contribution in [0, 0.1) is 0 Å². The Morgan fingerprint density at radius 2 is 2.00 bits per heavy atom. The summed E-state index contributed by atoms with van der Waals surface area (Å²) in [5, 5.41) is 9.25. The van der Waals surface area contributed by atoms with Crippen LogP contribution in [0.5, 0.6) is 0 Å². The molecule has 0 radical (unpaired) electrons. The highest BCUT2D eigenvalue weighted by Crippen LogP contribution is 2.20. The van der Waals surface area contributed by atoms with Crippen LogP contribution < -0.4 is 5.32 Å². The Balaban J connectivity index is 2.20. The largest absolute Gasteiger partial charge is 0.467 e. The maximum absolute atomic E-state index is 12.2. The number of benzene rings is 1. The average Bonchev–Trinajstić information content (AvgIpc) is 2.96. The number of nitrogens with zero attached hydrogens (tertiary/aromatic N) is 1. The molecule has 0 saturated heterocycles. The number of aromatic nitrogens is 2. The molecule has 1 unspecified atom stereocenters. The van der Waals surface area contributed by atoms with E-state index in [4.69, 9.17) is 0 Å². The molecule has 0 fully saturated rings. The molecule has 1 amide bonds. The molecule has 1 heterocycles. The minimum Gasteiger partial charge on any atom is -0.467 e. The van der Waals surface area contributed by atoms with Gasteiger partial charge in [-0.1, -0.05) is 30.3 Å². The predicted octanol–water partition coefficient (Wildman–Crippen LogP) is 1.37. The minimum absolute atomic E-state index is 0.379. The molecule has 0 aliphatic heterocycles. The maximum Gasteiger partial charge on any atom is 0.328 e. The van der Waals surface area contributed by atoms with Gasteiger partial charge in [-0.3, -0.25) is 9.89 Å². The molecule has 104 valence electrons. The Labute approximate surface area is 116 Å². The van der Waals surface area contributed by atoms with E-state index in [-0.39, 0.29) is 5.91 Å². The summed E-state index contributed by atoms with van der Waals surface area (Å²) in [4.78, 5) is 23.5. The fourth-order valence-electron chi connectivity index (χ4n) is 1.79. The fourth-order valence-corrected chi connectivity index (χ4v) is 1.79. The first-order valence-corrected chi connectivity index (χ1v) is 6.11. The van der Waals surface area contributed by atoms with E-state index >= 15 is 0 Å². The molecule has 0 aliphatic carbocycles. The van der Waals surface area contributed by atoms with E-state index in [9.17, 15) is 9.59 Å². The molecule has 2 aromatic rings. The van der Waals surface area contributed by atoms with E-state index < -0.39 is 12.0 Å². The molecule has 0 saturated carbocycles. The molecule has 2 rings (SSSR count). The minimum atomic E-state index is -0.717. The highest BCUT2D eigenvalue weighted by Gasteiger charge is 2.20. The predicted molar refractivity (Wildman–Crippen MR) is 73.0 cm³/mol. The van der Waals surface area contributed by atoms with E-state index in [1.165, 1.54) is 13.3 Å². The SMILES string of the molecule is COC(=O)C(C)NC(=O)c1cn[nH]c1-c1ccccc1. The second-order valence-corrected chi connectivity index (χ2v) is 4.24. The zero-order chi connectivity index (χ0) is 14.5. The van der Waals surface area contributed by atoms with Crippen molar-refractivity contribution in [2.45, 2.75) is 13.0 Å². The Hall–Kier alpha value is -2.63. The van der Waals surface area contributed by atoms with Crippen LogP contribution in [-0.4, -0.2) is 35.2 Å². The van der Waals surface area contributed by atoms with Gasteiger partial charge in [0.05, 0.1) is 24.6 Å². The van der Waals surface area contributed by atoms with Gasteiger partial charge in [-0.2, -0.15) is 5.10 Å². The van der Waals surface area contributed by atoms with Gasteiger partial charge in [-0.05, 0) is 6.92 Å². The summed E-state index contributed by atoms with van der Waals surface area (Å²) in [7, 11) is 1.28. The zero-order valence-corrected chi connectivity index (χ0v) is 11.2. The van der Waals surface area contributed by atoms with Crippen molar-refractivity contribution >= 4 is 11.9 Å². The van der Waals surface area contributed by atoms with Crippen LogP contribution in [0.3, 0.4) is 0 Å². The first-order chi connectivity index (χ1) is 9.63.